The number of rotatable bonds is 7. The molecular formula is C28H26N4O. The second kappa shape index (κ2) is 9.65. The lowest BCUT2D eigenvalue weighted by Gasteiger charge is -2.35. The zero-order chi connectivity index (χ0) is 22.5. The summed E-state index contributed by atoms with van der Waals surface area (Å²) in [6, 6.07) is 28.3. The quantitative estimate of drug-likeness (QED) is 0.424. The van der Waals surface area contributed by atoms with Crippen molar-refractivity contribution in [1.29, 1.82) is 0 Å². The molecule has 0 spiro atoms. The fourth-order valence-electron chi connectivity index (χ4n) is 4.52. The van der Waals surface area contributed by atoms with E-state index >= 15 is 0 Å². The van der Waals surface area contributed by atoms with Gasteiger partial charge in [0, 0.05) is 25.2 Å². The lowest BCUT2D eigenvalue weighted by atomic mass is 10.0. The minimum absolute atomic E-state index is 0.101. The Bertz CT molecular complexity index is 1200. The smallest absolute Gasteiger partial charge is 0.250 e. The number of hydrogen-bond acceptors (Lipinski definition) is 4. The van der Waals surface area contributed by atoms with E-state index < -0.39 is 6.04 Å². The van der Waals surface area contributed by atoms with Gasteiger partial charge in [-0.15, -0.1) is 0 Å². The van der Waals surface area contributed by atoms with Crippen molar-refractivity contribution in [2.75, 3.05) is 16.3 Å². The number of para-hydroxylation sites is 1. The first-order valence-electron chi connectivity index (χ1n) is 11.3. The van der Waals surface area contributed by atoms with Crippen molar-refractivity contribution in [3.8, 4) is 0 Å². The van der Waals surface area contributed by atoms with Crippen molar-refractivity contribution in [3.05, 3.63) is 120 Å². The molecule has 1 aliphatic rings. The summed E-state index contributed by atoms with van der Waals surface area (Å²) in [7, 11) is 0. The van der Waals surface area contributed by atoms with Crippen LogP contribution in [0.2, 0.25) is 0 Å². The number of anilines is 2. The van der Waals surface area contributed by atoms with E-state index in [1.807, 2.05) is 59.5 Å². The molecule has 4 aromatic rings. The van der Waals surface area contributed by atoms with Crippen LogP contribution in [-0.4, -0.2) is 28.5 Å². The molecule has 0 saturated carbocycles. The molecule has 0 saturated heterocycles. The molecule has 5 rings (SSSR count). The van der Waals surface area contributed by atoms with Crippen LogP contribution in [0, 0.1) is 0 Å². The molecule has 0 N–H and O–H groups in total. The van der Waals surface area contributed by atoms with Gasteiger partial charge in [0.15, 0.2) is 0 Å². The Hall–Kier alpha value is -3.99. The van der Waals surface area contributed by atoms with Crippen molar-refractivity contribution in [2.45, 2.75) is 25.4 Å². The fourth-order valence-corrected chi connectivity index (χ4v) is 4.52. The number of hydrogen-bond donors (Lipinski definition) is 0. The number of benzene rings is 3. The van der Waals surface area contributed by atoms with Crippen LogP contribution in [0.1, 0.15) is 16.7 Å². The molecule has 1 amide bonds. The maximum Gasteiger partial charge on any atom is 0.250 e. The summed E-state index contributed by atoms with van der Waals surface area (Å²) in [5, 5.41) is 0. The molecule has 1 unspecified atom stereocenters. The Kier molecular flexibility index (Phi) is 6.11. The first-order chi connectivity index (χ1) is 16.3. The van der Waals surface area contributed by atoms with Gasteiger partial charge in [-0.1, -0.05) is 78.9 Å². The van der Waals surface area contributed by atoms with E-state index in [4.69, 9.17) is 0 Å². The summed E-state index contributed by atoms with van der Waals surface area (Å²) in [4.78, 5) is 26.8. The normalized spacial score (nSPS) is 13.4. The second-order valence-electron chi connectivity index (χ2n) is 8.28. The van der Waals surface area contributed by atoms with Crippen molar-refractivity contribution < 1.29 is 4.79 Å². The number of aromatic nitrogens is 2. The standard InChI is InChI=1S/C28H26N4O/c33-28(31-16-15-24-13-7-8-14-26(24)31)27(17-22-9-3-1-4-10-22)32(25-18-29-21-30-19-25)20-23-11-5-2-6-12-23/h1-14,18-19,21,27H,15-17,20H2. The Labute approximate surface area is 194 Å². The van der Waals surface area contributed by atoms with E-state index in [1.165, 1.54) is 11.9 Å². The van der Waals surface area contributed by atoms with Crippen LogP contribution < -0.4 is 9.80 Å². The lowest BCUT2D eigenvalue weighted by Crippen LogP contribution is -2.49. The van der Waals surface area contributed by atoms with Crippen LogP contribution in [0.15, 0.2) is 104 Å². The molecule has 1 aromatic heterocycles. The largest absolute Gasteiger partial charge is 0.352 e. The van der Waals surface area contributed by atoms with E-state index in [-0.39, 0.29) is 5.91 Å². The van der Waals surface area contributed by atoms with Gasteiger partial charge in [-0.05, 0) is 29.2 Å². The highest BCUT2D eigenvalue weighted by molar-refractivity contribution is 6.00. The van der Waals surface area contributed by atoms with Gasteiger partial charge in [0.25, 0.3) is 0 Å². The zero-order valence-electron chi connectivity index (χ0n) is 18.4. The van der Waals surface area contributed by atoms with Gasteiger partial charge in [0.05, 0.1) is 18.1 Å². The molecule has 0 radical (unpaired) electrons. The minimum atomic E-state index is -0.398. The molecule has 164 valence electrons. The maximum absolute atomic E-state index is 14.2. The van der Waals surface area contributed by atoms with Gasteiger partial charge < -0.3 is 9.80 Å². The first kappa shape index (κ1) is 20.9. The van der Waals surface area contributed by atoms with Crippen molar-refractivity contribution in [2.24, 2.45) is 0 Å². The van der Waals surface area contributed by atoms with Gasteiger partial charge in [0.1, 0.15) is 12.4 Å². The SMILES string of the molecule is O=C(C(Cc1ccccc1)N(Cc1ccccc1)c1cncnc1)N1CCc2ccccc21. The predicted molar refractivity (Wildman–Crippen MR) is 131 cm³/mol. The first-order valence-corrected chi connectivity index (χ1v) is 11.3. The molecule has 33 heavy (non-hydrogen) atoms. The van der Waals surface area contributed by atoms with Crippen LogP contribution >= 0.6 is 0 Å². The number of carbonyl (C=O) groups is 1. The van der Waals surface area contributed by atoms with E-state index in [0.717, 1.165) is 28.9 Å². The topological polar surface area (TPSA) is 49.3 Å². The van der Waals surface area contributed by atoms with Crippen LogP contribution in [0.25, 0.3) is 0 Å². The van der Waals surface area contributed by atoms with E-state index in [1.54, 1.807) is 12.4 Å². The fraction of sp³-hybridized carbons (Fsp3) is 0.179. The third kappa shape index (κ3) is 4.62. The molecule has 0 bridgehead atoms. The molecule has 5 heteroatoms. The van der Waals surface area contributed by atoms with E-state index in [2.05, 4.69) is 45.2 Å². The average molecular weight is 435 g/mol. The van der Waals surface area contributed by atoms with Crippen LogP contribution in [0.4, 0.5) is 11.4 Å². The van der Waals surface area contributed by atoms with Gasteiger partial charge >= 0.3 is 0 Å². The van der Waals surface area contributed by atoms with Crippen LogP contribution in [0.5, 0.6) is 0 Å². The monoisotopic (exact) mass is 434 g/mol. The average Bonchev–Trinajstić information content (AvgIpc) is 3.32. The van der Waals surface area contributed by atoms with E-state index in [0.29, 0.717) is 19.5 Å². The van der Waals surface area contributed by atoms with Crippen molar-refractivity contribution in [3.63, 3.8) is 0 Å². The summed E-state index contributed by atoms with van der Waals surface area (Å²) < 4.78 is 0. The van der Waals surface area contributed by atoms with Gasteiger partial charge in [-0.2, -0.15) is 0 Å². The summed E-state index contributed by atoms with van der Waals surface area (Å²) in [6.45, 7) is 1.29. The lowest BCUT2D eigenvalue weighted by molar-refractivity contribution is -0.119. The Morgan fingerprint density at radius 3 is 2.21 bits per heavy atom. The van der Waals surface area contributed by atoms with Crippen LogP contribution in [0.3, 0.4) is 0 Å². The number of carbonyl (C=O) groups excluding carboxylic acids is 1. The summed E-state index contributed by atoms with van der Waals surface area (Å²) in [5.41, 5.74) is 5.34. The molecule has 1 aliphatic heterocycles. The minimum Gasteiger partial charge on any atom is -0.352 e. The Balaban J connectivity index is 1.55. The molecular weight excluding hydrogens is 408 g/mol. The number of nitrogens with zero attached hydrogens (tertiary/aromatic N) is 4. The highest BCUT2D eigenvalue weighted by Gasteiger charge is 2.34. The number of amides is 1. The van der Waals surface area contributed by atoms with Crippen molar-refractivity contribution in [1.82, 2.24) is 9.97 Å². The molecule has 5 nitrogen and oxygen atoms in total. The Morgan fingerprint density at radius 2 is 1.48 bits per heavy atom. The van der Waals surface area contributed by atoms with Crippen molar-refractivity contribution >= 4 is 17.3 Å². The van der Waals surface area contributed by atoms with Gasteiger partial charge in [0.2, 0.25) is 5.91 Å². The number of fused-ring (bicyclic) bond motifs is 1. The second-order valence-corrected chi connectivity index (χ2v) is 8.28. The summed E-state index contributed by atoms with van der Waals surface area (Å²) in [5.74, 6) is 0.101. The molecule has 2 heterocycles. The third-order valence-corrected chi connectivity index (χ3v) is 6.16. The summed E-state index contributed by atoms with van der Waals surface area (Å²) >= 11 is 0. The molecule has 1 atom stereocenters. The maximum atomic E-state index is 14.2. The Morgan fingerprint density at radius 1 is 0.848 bits per heavy atom. The highest BCUT2D eigenvalue weighted by Crippen LogP contribution is 2.30. The third-order valence-electron chi connectivity index (χ3n) is 6.16. The molecule has 0 fully saturated rings. The predicted octanol–water partition coefficient (Wildman–Crippen LogP) is 4.68. The molecule has 0 aliphatic carbocycles. The summed E-state index contributed by atoms with van der Waals surface area (Å²) in [6.07, 6.45) is 6.58. The zero-order valence-corrected chi connectivity index (χ0v) is 18.4. The van der Waals surface area contributed by atoms with Gasteiger partial charge in [-0.25, -0.2) is 9.97 Å². The van der Waals surface area contributed by atoms with E-state index in [9.17, 15) is 4.79 Å². The van der Waals surface area contributed by atoms with Crippen LogP contribution in [-0.2, 0) is 24.2 Å². The molecule has 3 aromatic carbocycles. The highest BCUT2D eigenvalue weighted by atomic mass is 16.2. The van der Waals surface area contributed by atoms with Gasteiger partial charge in [-0.3, -0.25) is 4.79 Å².